The molecule has 1 N–H and O–H groups in total. The summed E-state index contributed by atoms with van der Waals surface area (Å²) >= 11 is 0. The third kappa shape index (κ3) is 48.6. The fraction of sp³-hybridized carbons (Fsp3) is 0.704. The van der Waals surface area contributed by atoms with Crippen LogP contribution in [0.5, 0.6) is 0 Å². The summed E-state index contributed by atoms with van der Waals surface area (Å²) in [6.07, 6.45) is 59.2. The van der Waals surface area contributed by atoms with Crippen LogP contribution in [0.15, 0.2) is 85.1 Å². The van der Waals surface area contributed by atoms with Crippen molar-refractivity contribution in [3.8, 4) is 0 Å². The Bertz CT molecular complexity index is 1360. The molecule has 0 fully saturated rings. The van der Waals surface area contributed by atoms with E-state index >= 15 is 0 Å². The van der Waals surface area contributed by atoms with Crippen molar-refractivity contribution in [3.05, 3.63) is 85.1 Å². The van der Waals surface area contributed by atoms with Gasteiger partial charge in [-0.25, -0.2) is 4.57 Å². The number of allylic oxidation sites excluding steroid dienone is 14. The van der Waals surface area contributed by atoms with Crippen LogP contribution in [0, 0.1) is 0 Å². The van der Waals surface area contributed by atoms with Crippen LogP contribution >= 0.6 is 7.82 Å². The predicted molar refractivity (Wildman–Crippen MR) is 270 cm³/mol. The maximum Gasteiger partial charge on any atom is 0.472 e. The van der Waals surface area contributed by atoms with Gasteiger partial charge in [0.1, 0.15) is 19.8 Å². The number of carbonyl (C=O) groups is 2. The number of phosphoric acid groups is 1. The Morgan fingerprint density at radius 3 is 1.25 bits per heavy atom. The first-order valence-electron chi connectivity index (χ1n) is 25.3. The second kappa shape index (κ2) is 45.4. The number of ether oxygens (including phenoxy) is 2. The van der Waals surface area contributed by atoms with Crippen molar-refractivity contribution in [2.24, 2.45) is 0 Å². The summed E-state index contributed by atoms with van der Waals surface area (Å²) in [5.41, 5.74) is 0. The van der Waals surface area contributed by atoms with E-state index in [-0.39, 0.29) is 32.0 Å². The van der Waals surface area contributed by atoms with Crippen molar-refractivity contribution in [2.75, 3.05) is 47.5 Å². The van der Waals surface area contributed by atoms with Gasteiger partial charge in [-0.2, -0.15) is 0 Å². The summed E-state index contributed by atoms with van der Waals surface area (Å²) in [5.74, 6) is -0.824. The molecule has 368 valence electrons. The first-order chi connectivity index (χ1) is 31.0. The molecule has 0 saturated heterocycles. The first-order valence-corrected chi connectivity index (χ1v) is 26.8. The molecule has 0 aromatic carbocycles. The van der Waals surface area contributed by atoms with E-state index in [9.17, 15) is 19.0 Å². The van der Waals surface area contributed by atoms with Gasteiger partial charge in [-0.1, -0.05) is 182 Å². The van der Waals surface area contributed by atoms with Gasteiger partial charge in [0.15, 0.2) is 6.10 Å². The van der Waals surface area contributed by atoms with Crippen LogP contribution in [-0.2, 0) is 32.7 Å². The van der Waals surface area contributed by atoms with Crippen LogP contribution in [0.3, 0.4) is 0 Å². The molecule has 10 heteroatoms. The minimum Gasteiger partial charge on any atom is -0.462 e. The zero-order valence-electron chi connectivity index (χ0n) is 41.5. The normalized spacial score (nSPS) is 14.2. The summed E-state index contributed by atoms with van der Waals surface area (Å²) in [6, 6.07) is 0. The van der Waals surface area contributed by atoms with Crippen LogP contribution in [-0.4, -0.2) is 74.9 Å². The smallest absolute Gasteiger partial charge is 0.462 e. The van der Waals surface area contributed by atoms with Gasteiger partial charge in [-0.05, 0) is 83.5 Å². The van der Waals surface area contributed by atoms with Crippen molar-refractivity contribution in [1.29, 1.82) is 0 Å². The first kappa shape index (κ1) is 61.2. The van der Waals surface area contributed by atoms with E-state index in [1.165, 1.54) is 57.8 Å². The molecule has 0 aromatic rings. The number of quaternary nitrogens is 1. The highest BCUT2D eigenvalue weighted by Crippen LogP contribution is 2.43. The molecule has 2 unspecified atom stereocenters. The Morgan fingerprint density at radius 2 is 0.844 bits per heavy atom. The highest BCUT2D eigenvalue weighted by atomic mass is 31.2. The van der Waals surface area contributed by atoms with E-state index in [2.05, 4.69) is 98.9 Å². The Labute approximate surface area is 392 Å². The summed E-state index contributed by atoms with van der Waals surface area (Å²) in [6.45, 7) is 4.17. The molecule has 0 aliphatic heterocycles. The van der Waals surface area contributed by atoms with Gasteiger partial charge < -0.3 is 18.9 Å². The predicted octanol–water partition coefficient (Wildman–Crippen LogP) is 15.1. The molecule has 0 radical (unpaired) electrons. The van der Waals surface area contributed by atoms with Crippen molar-refractivity contribution in [1.82, 2.24) is 0 Å². The topological polar surface area (TPSA) is 108 Å². The molecular weight excluding hydrogens is 822 g/mol. The lowest BCUT2D eigenvalue weighted by atomic mass is 10.0. The number of carbonyl (C=O) groups excluding carboxylic acids is 2. The summed E-state index contributed by atoms with van der Waals surface area (Å²) in [5, 5.41) is 0. The Hall–Kier alpha value is -2.81. The van der Waals surface area contributed by atoms with Crippen LogP contribution in [0.25, 0.3) is 0 Å². The standard InChI is InChI=1S/C54H94NO8P/c1-6-8-10-12-14-16-18-20-22-23-24-25-26-27-28-29-30-31-33-35-37-39-41-43-45-47-54(57)63-52(51-62-64(58,59)61-49-48-55(3,4)5)50-60-53(56)46-44-42-40-38-36-34-32-21-19-17-15-13-11-9-7-2/h8-11,14-17,20-22,24-25,32,52H,6-7,12-13,18-19,23,26-31,33-51H2,1-5H3/p+1/b10-8-,11-9-,16-14-,17-15-,22-20-,25-24-,32-21-. The van der Waals surface area contributed by atoms with Gasteiger partial charge in [0, 0.05) is 12.8 Å². The second-order valence-electron chi connectivity index (χ2n) is 17.8. The average molecular weight is 917 g/mol. The van der Waals surface area contributed by atoms with Gasteiger partial charge in [-0.3, -0.25) is 18.6 Å². The Balaban J connectivity index is 4.24. The van der Waals surface area contributed by atoms with E-state index < -0.39 is 26.5 Å². The van der Waals surface area contributed by atoms with Gasteiger partial charge in [0.2, 0.25) is 0 Å². The highest BCUT2D eigenvalue weighted by Gasteiger charge is 2.27. The van der Waals surface area contributed by atoms with Crippen LogP contribution in [0.1, 0.15) is 194 Å². The van der Waals surface area contributed by atoms with E-state index in [1.807, 2.05) is 21.1 Å². The third-order valence-electron chi connectivity index (χ3n) is 10.4. The molecule has 2 atom stereocenters. The molecule has 0 spiro atoms. The number of phosphoric ester groups is 1. The van der Waals surface area contributed by atoms with Crippen LogP contribution < -0.4 is 0 Å². The molecule has 0 rings (SSSR count). The monoisotopic (exact) mass is 917 g/mol. The lowest BCUT2D eigenvalue weighted by Gasteiger charge is -2.24. The molecule has 9 nitrogen and oxygen atoms in total. The van der Waals surface area contributed by atoms with E-state index in [0.717, 1.165) is 96.3 Å². The summed E-state index contributed by atoms with van der Waals surface area (Å²) < 4.78 is 34.4. The van der Waals surface area contributed by atoms with Gasteiger partial charge in [0.05, 0.1) is 27.7 Å². The number of unbranched alkanes of at least 4 members (excludes halogenated alkanes) is 17. The van der Waals surface area contributed by atoms with Crippen molar-refractivity contribution < 1.29 is 42.1 Å². The number of hydrogen-bond acceptors (Lipinski definition) is 7. The molecule has 0 amide bonds. The van der Waals surface area contributed by atoms with E-state index in [4.69, 9.17) is 18.5 Å². The minimum atomic E-state index is -4.39. The largest absolute Gasteiger partial charge is 0.472 e. The van der Waals surface area contributed by atoms with Crippen LogP contribution in [0.4, 0.5) is 0 Å². The molecule has 0 aliphatic carbocycles. The fourth-order valence-corrected chi connectivity index (χ4v) is 7.29. The molecule has 0 aliphatic rings. The third-order valence-corrected chi connectivity index (χ3v) is 11.4. The maximum absolute atomic E-state index is 12.8. The minimum absolute atomic E-state index is 0.0245. The molecular formula is C54H95NO8P+. The molecule has 0 saturated carbocycles. The second-order valence-corrected chi connectivity index (χ2v) is 19.2. The molecule has 0 heterocycles. The SMILES string of the molecule is CC/C=C\C/C=C\C/C=C\C/C=C\CCCCCCCCCCCCCCC(=O)OC(COC(=O)CCCCCCC/C=C\C/C=C\C/C=C\CC)COP(=O)(O)OCC[N+](C)(C)C. The Morgan fingerprint density at radius 1 is 0.484 bits per heavy atom. The number of hydrogen-bond donors (Lipinski definition) is 1. The molecule has 0 aromatic heterocycles. The van der Waals surface area contributed by atoms with E-state index in [0.29, 0.717) is 23.9 Å². The molecule has 0 bridgehead atoms. The Kier molecular flexibility index (Phi) is 43.4. The van der Waals surface area contributed by atoms with Gasteiger partial charge >= 0.3 is 19.8 Å². The van der Waals surface area contributed by atoms with Crippen molar-refractivity contribution in [2.45, 2.75) is 200 Å². The lowest BCUT2D eigenvalue weighted by Crippen LogP contribution is -2.37. The van der Waals surface area contributed by atoms with Gasteiger partial charge in [-0.15, -0.1) is 0 Å². The van der Waals surface area contributed by atoms with Crippen LogP contribution in [0.2, 0.25) is 0 Å². The summed E-state index contributed by atoms with van der Waals surface area (Å²) in [7, 11) is 1.45. The molecule has 64 heavy (non-hydrogen) atoms. The number of likely N-dealkylation sites (N-methyl/N-ethyl adjacent to an activating group) is 1. The maximum atomic E-state index is 12.8. The quantitative estimate of drug-likeness (QED) is 0.0212. The highest BCUT2D eigenvalue weighted by molar-refractivity contribution is 7.47. The lowest BCUT2D eigenvalue weighted by molar-refractivity contribution is -0.870. The van der Waals surface area contributed by atoms with Crippen molar-refractivity contribution in [3.63, 3.8) is 0 Å². The zero-order valence-corrected chi connectivity index (χ0v) is 42.4. The van der Waals surface area contributed by atoms with Crippen molar-refractivity contribution >= 4 is 19.8 Å². The number of nitrogens with zero attached hydrogens (tertiary/aromatic N) is 1. The van der Waals surface area contributed by atoms with E-state index in [1.54, 1.807) is 0 Å². The van der Waals surface area contributed by atoms with Gasteiger partial charge in [0.25, 0.3) is 0 Å². The summed E-state index contributed by atoms with van der Waals surface area (Å²) in [4.78, 5) is 35.5. The number of rotatable bonds is 45. The zero-order chi connectivity index (χ0) is 47.1. The fourth-order valence-electron chi connectivity index (χ4n) is 6.55. The number of esters is 2. The average Bonchev–Trinajstić information content (AvgIpc) is 3.25.